The summed E-state index contributed by atoms with van der Waals surface area (Å²) in [4.78, 5) is 2.43. The molecule has 1 aliphatic rings. The molecule has 0 aromatic heterocycles. The number of likely N-dealkylation sites (N-methyl/N-ethyl adjacent to an activating group) is 2. The Balaban J connectivity index is 2.30. The van der Waals surface area contributed by atoms with Crippen LogP contribution in [-0.4, -0.2) is 57.3 Å². The van der Waals surface area contributed by atoms with Gasteiger partial charge in [-0.05, 0) is 31.8 Å². The summed E-state index contributed by atoms with van der Waals surface area (Å²) in [6, 6.07) is 6.86. The standard InChI is InChI=1S/C15H24N2O2S/c1-16-15(14-10-20-6-5-17(14)2)11-7-12(18-3)9-13(8-11)19-4/h7-9,14-16H,5-6,10H2,1-4H3. The number of hydrogen-bond acceptors (Lipinski definition) is 5. The summed E-state index contributed by atoms with van der Waals surface area (Å²) >= 11 is 2.02. The molecule has 5 heteroatoms. The largest absolute Gasteiger partial charge is 0.497 e. The maximum Gasteiger partial charge on any atom is 0.122 e. The predicted octanol–water partition coefficient (Wildman–Crippen LogP) is 2.01. The van der Waals surface area contributed by atoms with E-state index in [1.807, 2.05) is 24.9 Å². The van der Waals surface area contributed by atoms with Gasteiger partial charge in [0.15, 0.2) is 0 Å². The molecule has 1 aromatic carbocycles. The fraction of sp³-hybridized carbons (Fsp3) is 0.600. The molecule has 0 saturated carbocycles. The Labute approximate surface area is 125 Å². The number of nitrogens with one attached hydrogen (secondary N) is 1. The van der Waals surface area contributed by atoms with Gasteiger partial charge in [-0.2, -0.15) is 11.8 Å². The van der Waals surface area contributed by atoms with Crippen LogP contribution in [0.25, 0.3) is 0 Å². The molecule has 20 heavy (non-hydrogen) atoms. The van der Waals surface area contributed by atoms with E-state index in [1.54, 1.807) is 14.2 Å². The lowest BCUT2D eigenvalue weighted by atomic mass is 9.98. The van der Waals surface area contributed by atoms with Gasteiger partial charge in [0.05, 0.1) is 14.2 Å². The zero-order chi connectivity index (χ0) is 14.5. The van der Waals surface area contributed by atoms with E-state index >= 15 is 0 Å². The molecule has 4 nitrogen and oxygen atoms in total. The van der Waals surface area contributed by atoms with Gasteiger partial charge < -0.3 is 14.8 Å². The molecule has 2 rings (SSSR count). The van der Waals surface area contributed by atoms with E-state index in [-0.39, 0.29) is 6.04 Å². The third-order valence-corrected chi connectivity index (χ3v) is 4.92. The van der Waals surface area contributed by atoms with E-state index < -0.39 is 0 Å². The van der Waals surface area contributed by atoms with E-state index in [1.165, 1.54) is 11.3 Å². The highest BCUT2D eigenvalue weighted by atomic mass is 32.2. The molecule has 2 unspecified atom stereocenters. The molecule has 1 fully saturated rings. The zero-order valence-electron chi connectivity index (χ0n) is 12.7. The van der Waals surface area contributed by atoms with Crippen LogP contribution < -0.4 is 14.8 Å². The molecule has 0 radical (unpaired) electrons. The molecule has 1 heterocycles. The van der Waals surface area contributed by atoms with Gasteiger partial charge in [-0.25, -0.2) is 0 Å². The second-order valence-electron chi connectivity index (χ2n) is 5.04. The quantitative estimate of drug-likeness (QED) is 0.899. The number of methoxy groups -OCH3 is 2. The Morgan fingerprint density at radius 3 is 2.40 bits per heavy atom. The van der Waals surface area contributed by atoms with E-state index in [0.29, 0.717) is 6.04 Å². The smallest absolute Gasteiger partial charge is 0.122 e. The topological polar surface area (TPSA) is 33.7 Å². The summed E-state index contributed by atoms with van der Waals surface area (Å²) in [6.45, 7) is 1.13. The number of thioether (sulfide) groups is 1. The highest BCUT2D eigenvalue weighted by Gasteiger charge is 2.28. The van der Waals surface area contributed by atoms with Crippen molar-refractivity contribution >= 4 is 11.8 Å². The molecular formula is C15H24N2O2S. The first-order chi connectivity index (χ1) is 9.69. The van der Waals surface area contributed by atoms with Gasteiger partial charge in [-0.1, -0.05) is 0 Å². The monoisotopic (exact) mass is 296 g/mol. The third-order valence-electron chi connectivity index (χ3n) is 3.87. The van der Waals surface area contributed by atoms with E-state index in [9.17, 15) is 0 Å². The van der Waals surface area contributed by atoms with Crippen LogP contribution >= 0.6 is 11.8 Å². The van der Waals surface area contributed by atoms with Gasteiger partial charge in [0, 0.05) is 36.2 Å². The predicted molar refractivity (Wildman–Crippen MR) is 85.1 cm³/mol. The Hall–Kier alpha value is -0.910. The molecule has 112 valence electrons. The lowest BCUT2D eigenvalue weighted by Gasteiger charge is -2.38. The van der Waals surface area contributed by atoms with Crippen molar-refractivity contribution in [3.63, 3.8) is 0 Å². The molecule has 0 spiro atoms. The van der Waals surface area contributed by atoms with Crippen molar-refractivity contribution in [2.45, 2.75) is 12.1 Å². The van der Waals surface area contributed by atoms with Gasteiger partial charge in [0.25, 0.3) is 0 Å². The van der Waals surface area contributed by atoms with Crippen LogP contribution in [0.3, 0.4) is 0 Å². The van der Waals surface area contributed by atoms with Crippen LogP contribution in [0.1, 0.15) is 11.6 Å². The summed E-state index contributed by atoms with van der Waals surface area (Å²) in [5.74, 6) is 4.03. The average Bonchev–Trinajstić information content (AvgIpc) is 2.49. The van der Waals surface area contributed by atoms with Gasteiger partial charge in [-0.3, -0.25) is 4.90 Å². The minimum atomic E-state index is 0.275. The summed E-state index contributed by atoms with van der Waals surface area (Å²) in [5, 5.41) is 3.45. The first-order valence-electron chi connectivity index (χ1n) is 6.87. The number of ether oxygens (including phenoxy) is 2. The van der Waals surface area contributed by atoms with Gasteiger partial charge in [0.1, 0.15) is 11.5 Å². The first-order valence-corrected chi connectivity index (χ1v) is 8.03. The highest BCUT2D eigenvalue weighted by molar-refractivity contribution is 7.99. The molecule has 0 amide bonds. The van der Waals surface area contributed by atoms with Gasteiger partial charge in [0.2, 0.25) is 0 Å². The zero-order valence-corrected chi connectivity index (χ0v) is 13.5. The fourth-order valence-electron chi connectivity index (χ4n) is 2.65. The fourth-order valence-corrected chi connectivity index (χ4v) is 3.92. The molecule has 2 atom stereocenters. The van der Waals surface area contributed by atoms with Crippen molar-refractivity contribution < 1.29 is 9.47 Å². The van der Waals surface area contributed by atoms with Crippen molar-refractivity contribution in [3.8, 4) is 11.5 Å². The molecule has 1 N–H and O–H groups in total. The summed E-state index contributed by atoms with van der Waals surface area (Å²) in [7, 11) is 7.60. The first kappa shape index (κ1) is 15.5. The number of benzene rings is 1. The van der Waals surface area contributed by atoms with E-state index in [2.05, 4.69) is 29.4 Å². The lowest BCUT2D eigenvalue weighted by Crippen LogP contribution is -2.47. The average molecular weight is 296 g/mol. The van der Waals surface area contributed by atoms with Crippen LogP contribution in [-0.2, 0) is 0 Å². The van der Waals surface area contributed by atoms with Crippen molar-refractivity contribution in [2.24, 2.45) is 0 Å². The van der Waals surface area contributed by atoms with Gasteiger partial charge in [-0.15, -0.1) is 0 Å². The maximum atomic E-state index is 5.38. The van der Waals surface area contributed by atoms with Crippen LogP contribution in [0.5, 0.6) is 11.5 Å². The van der Waals surface area contributed by atoms with Crippen molar-refractivity contribution in [1.29, 1.82) is 0 Å². The van der Waals surface area contributed by atoms with Crippen LogP contribution in [0, 0.1) is 0 Å². The summed E-state index contributed by atoms with van der Waals surface area (Å²) in [6.07, 6.45) is 0. The summed E-state index contributed by atoms with van der Waals surface area (Å²) < 4.78 is 10.8. The van der Waals surface area contributed by atoms with Crippen LogP contribution in [0.15, 0.2) is 18.2 Å². The Bertz CT molecular complexity index is 420. The second-order valence-corrected chi connectivity index (χ2v) is 6.19. The SMILES string of the molecule is CNC(c1cc(OC)cc(OC)c1)C1CSCCN1C. The maximum absolute atomic E-state index is 5.38. The van der Waals surface area contributed by atoms with Crippen molar-refractivity contribution in [3.05, 3.63) is 23.8 Å². The van der Waals surface area contributed by atoms with Crippen molar-refractivity contribution in [2.75, 3.05) is 46.4 Å². The van der Waals surface area contributed by atoms with E-state index in [4.69, 9.17) is 9.47 Å². The molecule has 1 aromatic rings. The second kappa shape index (κ2) is 7.20. The van der Waals surface area contributed by atoms with Crippen LogP contribution in [0.2, 0.25) is 0 Å². The number of rotatable bonds is 5. The van der Waals surface area contributed by atoms with E-state index in [0.717, 1.165) is 23.8 Å². The highest BCUT2D eigenvalue weighted by Crippen LogP contribution is 2.31. The Morgan fingerprint density at radius 1 is 1.25 bits per heavy atom. The molecular weight excluding hydrogens is 272 g/mol. The normalized spacial score (nSPS) is 21.5. The number of hydrogen-bond donors (Lipinski definition) is 1. The lowest BCUT2D eigenvalue weighted by molar-refractivity contribution is 0.220. The molecule has 1 aliphatic heterocycles. The summed E-state index contributed by atoms with van der Waals surface area (Å²) in [5.41, 5.74) is 1.21. The van der Waals surface area contributed by atoms with Gasteiger partial charge >= 0.3 is 0 Å². The van der Waals surface area contributed by atoms with Crippen LogP contribution in [0.4, 0.5) is 0 Å². The third kappa shape index (κ3) is 3.40. The Kier molecular flexibility index (Phi) is 5.57. The molecule has 0 bridgehead atoms. The Morgan fingerprint density at radius 2 is 1.90 bits per heavy atom. The minimum absolute atomic E-state index is 0.275. The van der Waals surface area contributed by atoms with Crippen molar-refractivity contribution in [1.82, 2.24) is 10.2 Å². The molecule has 0 aliphatic carbocycles. The number of nitrogens with zero attached hydrogens (tertiary/aromatic N) is 1. The minimum Gasteiger partial charge on any atom is -0.497 e. The molecule has 1 saturated heterocycles.